The summed E-state index contributed by atoms with van der Waals surface area (Å²) in [7, 11) is 0. The molecule has 8 aromatic rings. The van der Waals surface area contributed by atoms with Gasteiger partial charge in [-0.15, -0.1) is 0 Å². The molecule has 0 radical (unpaired) electrons. The Hall–Kier alpha value is -5.20. The summed E-state index contributed by atoms with van der Waals surface area (Å²) >= 11 is 0. The van der Waals surface area contributed by atoms with Crippen LogP contribution in [0.4, 0.5) is 0 Å². The van der Waals surface area contributed by atoms with Crippen LogP contribution in [0.1, 0.15) is 25.0 Å². The minimum Gasteiger partial charge on any atom is -0.0622 e. The van der Waals surface area contributed by atoms with Crippen molar-refractivity contribution in [1.29, 1.82) is 0 Å². The van der Waals surface area contributed by atoms with Crippen molar-refractivity contribution in [2.45, 2.75) is 19.3 Å². The Labute approximate surface area is 251 Å². The van der Waals surface area contributed by atoms with Gasteiger partial charge in [-0.1, -0.05) is 141 Å². The number of hydrogen-bond donors (Lipinski definition) is 0. The highest BCUT2D eigenvalue weighted by Gasteiger charge is 2.36. The van der Waals surface area contributed by atoms with Gasteiger partial charge in [-0.05, 0) is 106 Å². The fourth-order valence-electron chi connectivity index (χ4n) is 7.72. The van der Waals surface area contributed by atoms with Crippen LogP contribution in [0.15, 0.2) is 146 Å². The highest BCUT2D eigenvalue weighted by atomic mass is 14.4. The maximum absolute atomic E-state index is 2.49. The van der Waals surface area contributed by atoms with E-state index in [2.05, 4.69) is 159 Å². The third-order valence-electron chi connectivity index (χ3n) is 9.86. The van der Waals surface area contributed by atoms with Crippen LogP contribution in [0.3, 0.4) is 0 Å². The highest BCUT2D eigenvalue weighted by Crippen LogP contribution is 2.52. The molecule has 1 aliphatic rings. The first kappa shape index (κ1) is 24.4. The Kier molecular flexibility index (Phi) is 5.05. The molecular formula is C43H30. The van der Waals surface area contributed by atoms with Gasteiger partial charge >= 0.3 is 0 Å². The lowest BCUT2D eigenvalue weighted by Gasteiger charge is -2.23. The largest absolute Gasteiger partial charge is 0.0622 e. The van der Waals surface area contributed by atoms with Crippen LogP contribution in [0.25, 0.3) is 76.5 Å². The molecule has 0 N–H and O–H groups in total. The lowest BCUT2D eigenvalue weighted by Crippen LogP contribution is -2.15. The fraction of sp³-hybridized carbons (Fsp3) is 0.0698. The standard InChI is InChI=1S/C43H30/c1-43(2)41-24-28(30-23-22-29(27-12-4-3-5-13-27)31-14-6-7-15-32(30)31)20-21-37(41)40-25-38-35-18-10-8-16-33(35)34-17-9-11-19-36(34)39(38)26-42(40)43/h3-26H,1-2H3. The minimum absolute atomic E-state index is 0.110. The SMILES string of the molecule is CC1(C)c2cc(-c3ccc(-c4ccccc4)c4ccccc34)ccc2-c2cc3c4ccccc4c4ccccc4c3cc21. The van der Waals surface area contributed by atoms with Gasteiger partial charge in [-0.2, -0.15) is 0 Å². The number of rotatable bonds is 2. The highest BCUT2D eigenvalue weighted by molar-refractivity contribution is 6.26. The predicted molar refractivity (Wildman–Crippen MR) is 185 cm³/mol. The molecule has 8 aromatic carbocycles. The maximum Gasteiger partial charge on any atom is 0.0159 e. The summed E-state index contributed by atoms with van der Waals surface area (Å²) in [6, 6.07) is 54.0. The molecule has 0 spiro atoms. The van der Waals surface area contributed by atoms with Gasteiger partial charge in [0.25, 0.3) is 0 Å². The Morgan fingerprint density at radius 2 is 0.744 bits per heavy atom. The quantitative estimate of drug-likeness (QED) is 0.189. The molecule has 0 aromatic heterocycles. The average Bonchev–Trinajstić information content (AvgIpc) is 3.29. The Balaban J connectivity index is 1.27. The van der Waals surface area contributed by atoms with Gasteiger partial charge in [0, 0.05) is 5.41 Å². The molecule has 0 unspecified atom stereocenters. The normalized spacial score (nSPS) is 13.5. The third-order valence-corrected chi connectivity index (χ3v) is 9.86. The topological polar surface area (TPSA) is 0 Å². The molecule has 1 aliphatic carbocycles. The van der Waals surface area contributed by atoms with E-state index in [0.717, 1.165) is 0 Å². The van der Waals surface area contributed by atoms with Crippen molar-refractivity contribution < 1.29 is 0 Å². The molecular weight excluding hydrogens is 516 g/mol. The molecule has 0 atom stereocenters. The Bertz CT molecular complexity index is 2410. The zero-order valence-corrected chi connectivity index (χ0v) is 24.4. The fourth-order valence-corrected chi connectivity index (χ4v) is 7.72. The molecule has 43 heavy (non-hydrogen) atoms. The molecule has 0 heterocycles. The summed E-state index contributed by atoms with van der Waals surface area (Å²) in [6.07, 6.45) is 0. The second kappa shape index (κ2) is 8.90. The van der Waals surface area contributed by atoms with E-state index in [1.165, 1.54) is 87.6 Å². The minimum atomic E-state index is -0.110. The van der Waals surface area contributed by atoms with Crippen LogP contribution in [-0.2, 0) is 5.41 Å². The first-order valence-corrected chi connectivity index (χ1v) is 15.2. The van der Waals surface area contributed by atoms with E-state index in [-0.39, 0.29) is 5.41 Å². The van der Waals surface area contributed by atoms with Gasteiger partial charge in [0.2, 0.25) is 0 Å². The molecule has 0 amide bonds. The van der Waals surface area contributed by atoms with E-state index in [1.807, 2.05) is 0 Å². The summed E-state index contributed by atoms with van der Waals surface area (Å²) in [5, 5.41) is 10.6. The van der Waals surface area contributed by atoms with Gasteiger partial charge in [0.05, 0.1) is 0 Å². The zero-order valence-electron chi connectivity index (χ0n) is 24.4. The van der Waals surface area contributed by atoms with Crippen molar-refractivity contribution >= 4 is 43.1 Å². The van der Waals surface area contributed by atoms with E-state index in [9.17, 15) is 0 Å². The van der Waals surface area contributed by atoms with Crippen LogP contribution in [0, 0.1) is 0 Å². The Morgan fingerprint density at radius 3 is 1.35 bits per heavy atom. The summed E-state index contributed by atoms with van der Waals surface area (Å²) in [5.41, 5.74) is 10.5. The summed E-state index contributed by atoms with van der Waals surface area (Å²) < 4.78 is 0. The molecule has 0 saturated carbocycles. The van der Waals surface area contributed by atoms with Gasteiger partial charge in [0.1, 0.15) is 0 Å². The third kappa shape index (κ3) is 3.44. The van der Waals surface area contributed by atoms with Crippen LogP contribution in [0.2, 0.25) is 0 Å². The van der Waals surface area contributed by atoms with Gasteiger partial charge < -0.3 is 0 Å². The predicted octanol–water partition coefficient (Wildman–Crippen LogP) is 11.9. The lowest BCUT2D eigenvalue weighted by atomic mass is 9.80. The van der Waals surface area contributed by atoms with Crippen LogP contribution < -0.4 is 0 Å². The summed E-state index contributed by atoms with van der Waals surface area (Å²) in [6.45, 7) is 4.79. The molecule has 0 fully saturated rings. The number of benzene rings is 8. The summed E-state index contributed by atoms with van der Waals surface area (Å²) in [5.74, 6) is 0. The van der Waals surface area contributed by atoms with E-state index in [0.29, 0.717) is 0 Å². The number of hydrogen-bond acceptors (Lipinski definition) is 0. The lowest BCUT2D eigenvalue weighted by molar-refractivity contribution is 0.661. The molecule has 0 saturated heterocycles. The van der Waals surface area contributed by atoms with E-state index in [1.54, 1.807) is 0 Å². The molecule has 0 heteroatoms. The first-order chi connectivity index (χ1) is 21.1. The van der Waals surface area contributed by atoms with Gasteiger partial charge in [-0.25, -0.2) is 0 Å². The van der Waals surface area contributed by atoms with Crippen molar-refractivity contribution in [3.63, 3.8) is 0 Å². The molecule has 202 valence electrons. The molecule has 9 rings (SSSR count). The monoisotopic (exact) mass is 546 g/mol. The van der Waals surface area contributed by atoms with E-state index >= 15 is 0 Å². The van der Waals surface area contributed by atoms with Crippen molar-refractivity contribution in [3.8, 4) is 33.4 Å². The van der Waals surface area contributed by atoms with Crippen LogP contribution >= 0.6 is 0 Å². The van der Waals surface area contributed by atoms with Crippen molar-refractivity contribution in [2.24, 2.45) is 0 Å². The first-order valence-electron chi connectivity index (χ1n) is 15.2. The van der Waals surface area contributed by atoms with Crippen molar-refractivity contribution in [2.75, 3.05) is 0 Å². The second-order valence-electron chi connectivity index (χ2n) is 12.5. The van der Waals surface area contributed by atoms with E-state index < -0.39 is 0 Å². The van der Waals surface area contributed by atoms with Crippen molar-refractivity contribution in [1.82, 2.24) is 0 Å². The van der Waals surface area contributed by atoms with Crippen LogP contribution in [-0.4, -0.2) is 0 Å². The van der Waals surface area contributed by atoms with Gasteiger partial charge in [-0.3, -0.25) is 0 Å². The zero-order chi connectivity index (χ0) is 28.7. The smallest absolute Gasteiger partial charge is 0.0159 e. The van der Waals surface area contributed by atoms with Crippen molar-refractivity contribution in [3.05, 3.63) is 157 Å². The second-order valence-corrected chi connectivity index (χ2v) is 12.5. The maximum atomic E-state index is 2.49. The Morgan fingerprint density at radius 1 is 0.302 bits per heavy atom. The van der Waals surface area contributed by atoms with Crippen LogP contribution in [0.5, 0.6) is 0 Å². The van der Waals surface area contributed by atoms with Gasteiger partial charge in [0.15, 0.2) is 0 Å². The average molecular weight is 547 g/mol. The van der Waals surface area contributed by atoms with E-state index in [4.69, 9.17) is 0 Å². The molecule has 0 bridgehead atoms. The summed E-state index contributed by atoms with van der Waals surface area (Å²) in [4.78, 5) is 0. The number of fused-ring (bicyclic) bond motifs is 10. The molecule has 0 aliphatic heterocycles. The molecule has 0 nitrogen and oxygen atoms in total.